The Labute approximate surface area is 78.8 Å². The molecule has 2 aromatic rings. The zero-order chi connectivity index (χ0) is 10.1. The molecule has 0 aliphatic carbocycles. The molecule has 0 unspecified atom stereocenters. The average Bonchev–Trinajstić information content (AvgIpc) is 2.23. The molecule has 0 atom stereocenters. The fourth-order valence-corrected chi connectivity index (χ4v) is 1.44. The van der Waals surface area contributed by atoms with Crippen molar-refractivity contribution in [1.82, 2.24) is 10.2 Å². The highest BCUT2D eigenvalue weighted by molar-refractivity contribution is 5.92. The van der Waals surface area contributed by atoms with Crippen LogP contribution in [0.4, 0.5) is 5.69 Å². The van der Waals surface area contributed by atoms with Crippen molar-refractivity contribution in [2.45, 2.75) is 0 Å². The van der Waals surface area contributed by atoms with Crippen molar-refractivity contribution in [3.63, 3.8) is 0 Å². The van der Waals surface area contributed by atoms with Crippen LogP contribution in [0.15, 0.2) is 27.8 Å². The van der Waals surface area contributed by atoms with Crippen LogP contribution in [0.2, 0.25) is 0 Å². The van der Waals surface area contributed by atoms with Gasteiger partial charge in [0.25, 0.3) is 11.1 Å². The summed E-state index contributed by atoms with van der Waals surface area (Å²) in [6.07, 6.45) is 0. The summed E-state index contributed by atoms with van der Waals surface area (Å²) in [7, 11) is 1.70. The summed E-state index contributed by atoms with van der Waals surface area (Å²) in [5, 5.41) is 8.20. The van der Waals surface area contributed by atoms with Crippen LogP contribution in [0.1, 0.15) is 0 Å². The fraction of sp³-hybridized carbons (Fsp3) is 0.111. The van der Waals surface area contributed by atoms with E-state index in [1.807, 2.05) is 0 Å². The third-order valence-electron chi connectivity index (χ3n) is 2.10. The van der Waals surface area contributed by atoms with E-state index in [0.717, 1.165) is 0 Å². The van der Waals surface area contributed by atoms with Gasteiger partial charge in [-0.2, -0.15) is 0 Å². The topological polar surface area (TPSA) is 77.8 Å². The van der Waals surface area contributed by atoms with Gasteiger partial charge in [-0.05, 0) is 12.1 Å². The summed E-state index contributed by atoms with van der Waals surface area (Å²) in [5.41, 5.74) is 0.0519. The van der Waals surface area contributed by atoms with Crippen molar-refractivity contribution in [3.8, 4) is 0 Å². The molecule has 0 aliphatic rings. The quantitative estimate of drug-likeness (QED) is 0.605. The molecule has 2 rings (SSSR count). The monoisotopic (exact) mass is 191 g/mol. The minimum Gasteiger partial charge on any atom is -0.387 e. The summed E-state index contributed by atoms with van der Waals surface area (Å²) in [4.78, 5) is 22.8. The van der Waals surface area contributed by atoms with Gasteiger partial charge in [0.05, 0.1) is 10.8 Å². The van der Waals surface area contributed by atoms with Crippen LogP contribution in [0.5, 0.6) is 0 Å². The molecular weight excluding hydrogens is 182 g/mol. The molecule has 0 saturated carbocycles. The number of hydrogen-bond donors (Lipinski definition) is 3. The maximum absolute atomic E-state index is 11.4. The molecule has 0 amide bonds. The summed E-state index contributed by atoms with van der Waals surface area (Å²) in [6.45, 7) is 0. The molecule has 0 bridgehead atoms. The standard InChI is InChI=1S/C9H9N3O2/c1-10-6-4-2-3-5-7(6)9(14)12-11-8(5)13/h2-4,10H,1H3,(H,11,13)(H,12,14). The second kappa shape index (κ2) is 3.02. The van der Waals surface area contributed by atoms with Crippen LogP contribution in [-0.4, -0.2) is 17.2 Å². The molecule has 14 heavy (non-hydrogen) atoms. The normalized spacial score (nSPS) is 10.4. The smallest absolute Gasteiger partial charge is 0.272 e. The lowest BCUT2D eigenvalue weighted by Gasteiger charge is -2.02. The van der Waals surface area contributed by atoms with Gasteiger partial charge < -0.3 is 5.32 Å². The van der Waals surface area contributed by atoms with Crippen molar-refractivity contribution in [2.24, 2.45) is 0 Å². The van der Waals surface area contributed by atoms with Crippen molar-refractivity contribution in [3.05, 3.63) is 38.9 Å². The van der Waals surface area contributed by atoms with Crippen LogP contribution in [0.3, 0.4) is 0 Å². The number of nitrogens with one attached hydrogen (secondary N) is 3. The van der Waals surface area contributed by atoms with E-state index in [1.54, 1.807) is 25.2 Å². The van der Waals surface area contributed by atoms with Crippen molar-refractivity contribution in [2.75, 3.05) is 12.4 Å². The highest BCUT2D eigenvalue weighted by atomic mass is 16.1. The largest absolute Gasteiger partial charge is 0.387 e. The maximum Gasteiger partial charge on any atom is 0.272 e. The van der Waals surface area contributed by atoms with Gasteiger partial charge in [0.1, 0.15) is 0 Å². The Morgan fingerprint density at radius 2 is 1.86 bits per heavy atom. The van der Waals surface area contributed by atoms with E-state index in [-0.39, 0.29) is 11.1 Å². The van der Waals surface area contributed by atoms with E-state index in [4.69, 9.17) is 0 Å². The first-order chi connectivity index (χ1) is 6.74. The number of aromatic amines is 2. The fourth-order valence-electron chi connectivity index (χ4n) is 1.44. The summed E-state index contributed by atoms with van der Waals surface area (Å²) in [5.74, 6) is 0. The minimum atomic E-state index is -0.301. The molecule has 0 aliphatic heterocycles. The predicted octanol–water partition coefficient (Wildman–Crippen LogP) is 0.258. The molecule has 1 aromatic carbocycles. The average molecular weight is 191 g/mol. The van der Waals surface area contributed by atoms with Gasteiger partial charge in [-0.3, -0.25) is 19.8 Å². The maximum atomic E-state index is 11.4. The van der Waals surface area contributed by atoms with Crippen LogP contribution < -0.4 is 16.4 Å². The van der Waals surface area contributed by atoms with Gasteiger partial charge in [-0.25, -0.2) is 0 Å². The molecule has 1 aromatic heterocycles. The molecule has 0 saturated heterocycles. The summed E-state index contributed by atoms with van der Waals surface area (Å²) >= 11 is 0. The Morgan fingerprint density at radius 1 is 1.14 bits per heavy atom. The van der Waals surface area contributed by atoms with Crippen LogP contribution in [0.25, 0.3) is 10.8 Å². The van der Waals surface area contributed by atoms with Gasteiger partial charge >= 0.3 is 0 Å². The van der Waals surface area contributed by atoms with E-state index < -0.39 is 0 Å². The number of fused-ring (bicyclic) bond motifs is 1. The molecule has 5 heteroatoms. The van der Waals surface area contributed by atoms with Crippen molar-refractivity contribution in [1.29, 1.82) is 0 Å². The van der Waals surface area contributed by atoms with Crippen molar-refractivity contribution >= 4 is 16.5 Å². The first kappa shape index (κ1) is 8.55. The lowest BCUT2D eigenvalue weighted by atomic mass is 10.1. The first-order valence-corrected chi connectivity index (χ1v) is 4.15. The third kappa shape index (κ3) is 1.10. The number of H-pyrrole nitrogens is 2. The second-order valence-electron chi connectivity index (χ2n) is 2.89. The molecule has 1 heterocycles. The molecule has 5 nitrogen and oxygen atoms in total. The Morgan fingerprint density at radius 3 is 2.57 bits per heavy atom. The Balaban J connectivity index is 3.07. The molecule has 72 valence electrons. The summed E-state index contributed by atoms with van der Waals surface area (Å²) < 4.78 is 0. The number of anilines is 1. The highest BCUT2D eigenvalue weighted by Gasteiger charge is 2.05. The van der Waals surface area contributed by atoms with Gasteiger partial charge in [0.2, 0.25) is 0 Å². The number of benzene rings is 1. The van der Waals surface area contributed by atoms with E-state index in [2.05, 4.69) is 15.5 Å². The van der Waals surface area contributed by atoms with Crippen LogP contribution >= 0.6 is 0 Å². The Kier molecular flexibility index (Phi) is 1.85. The number of hydrogen-bond acceptors (Lipinski definition) is 3. The number of aromatic nitrogens is 2. The van der Waals surface area contributed by atoms with E-state index in [9.17, 15) is 9.59 Å². The van der Waals surface area contributed by atoms with Crippen molar-refractivity contribution < 1.29 is 0 Å². The Bertz CT molecular complexity index is 582. The number of rotatable bonds is 1. The lowest BCUT2D eigenvalue weighted by molar-refractivity contribution is 0.977. The van der Waals surface area contributed by atoms with Crippen LogP contribution in [-0.2, 0) is 0 Å². The second-order valence-corrected chi connectivity index (χ2v) is 2.89. The van der Waals surface area contributed by atoms with Crippen LogP contribution in [0, 0.1) is 0 Å². The first-order valence-electron chi connectivity index (χ1n) is 4.15. The molecule has 3 N–H and O–H groups in total. The molecular formula is C9H9N3O2. The van der Waals surface area contributed by atoms with E-state index in [1.165, 1.54) is 0 Å². The zero-order valence-corrected chi connectivity index (χ0v) is 7.55. The highest BCUT2D eigenvalue weighted by Crippen LogP contribution is 2.15. The van der Waals surface area contributed by atoms with E-state index in [0.29, 0.717) is 16.5 Å². The minimum absolute atomic E-state index is 0.295. The Hall–Kier alpha value is -2.04. The predicted molar refractivity (Wildman–Crippen MR) is 54.7 cm³/mol. The lowest BCUT2D eigenvalue weighted by Crippen LogP contribution is -2.19. The molecule has 0 fully saturated rings. The van der Waals surface area contributed by atoms with E-state index >= 15 is 0 Å². The van der Waals surface area contributed by atoms with Gasteiger partial charge in [0.15, 0.2) is 0 Å². The molecule has 0 radical (unpaired) electrons. The third-order valence-corrected chi connectivity index (χ3v) is 2.10. The zero-order valence-electron chi connectivity index (χ0n) is 7.55. The van der Waals surface area contributed by atoms with Gasteiger partial charge in [0, 0.05) is 12.7 Å². The van der Waals surface area contributed by atoms with Gasteiger partial charge in [-0.1, -0.05) is 6.07 Å². The summed E-state index contributed by atoms with van der Waals surface area (Å²) in [6, 6.07) is 5.09. The van der Waals surface area contributed by atoms with Gasteiger partial charge in [-0.15, -0.1) is 0 Å². The molecule has 0 spiro atoms. The SMILES string of the molecule is CNc1cccc2c(=O)[nH][nH]c(=O)c12.